The smallest absolute Gasteiger partial charge is 0.336 e. The zero-order valence-electron chi connectivity index (χ0n) is 13.5. The van der Waals surface area contributed by atoms with E-state index >= 15 is 0 Å². The molecule has 1 aliphatic rings. The Kier molecular flexibility index (Phi) is 6.74. The lowest BCUT2D eigenvalue weighted by Gasteiger charge is -2.37. The molecule has 2 amide bonds. The zero-order chi connectivity index (χ0) is 16.2. The average molecular weight is 334 g/mol. The van der Waals surface area contributed by atoms with Gasteiger partial charge >= 0.3 is 6.03 Å². The van der Waals surface area contributed by atoms with Crippen LogP contribution in [0.25, 0.3) is 0 Å². The van der Waals surface area contributed by atoms with Crippen LogP contribution in [-0.4, -0.2) is 49.5 Å². The minimum atomic E-state index is -0.458. The van der Waals surface area contributed by atoms with Gasteiger partial charge in [0.2, 0.25) is 0 Å². The summed E-state index contributed by atoms with van der Waals surface area (Å²) in [5.74, 6) is 0.400. The van der Waals surface area contributed by atoms with Crippen molar-refractivity contribution < 1.29 is 10.0 Å². The fraction of sp³-hybridized carbons (Fsp3) is 0.857. The van der Waals surface area contributed by atoms with Gasteiger partial charge in [0.05, 0.1) is 4.75 Å². The maximum Gasteiger partial charge on any atom is 0.343 e. The first kappa shape index (κ1) is 18.5. The number of urea groups is 1. The quantitative estimate of drug-likeness (QED) is 0.338. The Morgan fingerprint density at radius 1 is 1.57 bits per heavy atom. The number of thioether (sulfide) groups is 1. The van der Waals surface area contributed by atoms with Gasteiger partial charge in [0.25, 0.3) is 0 Å². The molecule has 0 spiro atoms. The Labute approximate surface area is 137 Å². The van der Waals surface area contributed by atoms with Crippen LogP contribution in [0.15, 0.2) is 0 Å². The van der Waals surface area contributed by atoms with Gasteiger partial charge in [0.1, 0.15) is 10.5 Å². The van der Waals surface area contributed by atoms with Gasteiger partial charge in [0, 0.05) is 13.1 Å². The number of nitrogens with one attached hydrogen (secondary N) is 1. The predicted octanol–water partition coefficient (Wildman–Crippen LogP) is 3.28. The van der Waals surface area contributed by atoms with Crippen LogP contribution in [0.5, 0.6) is 0 Å². The highest BCUT2D eigenvalue weighted by Crippen LogP contribution is 2.42. The Bertz CT molecular complexity index is 388. The van der Waals surface area contributed by atoms with Crippen LogP contribution < -0.4 is 5.32 Å². The Morgan fingerprint density at radius 2 is 2.19 bits per heavy atom. The van der Waals surface area contributed by atoms with Crippen molar-refractivity contribution in [1.82, 2.24) is 15.3 Å². The number of rotatable bonds is 6. The number of unbranched alkanes of at least 4 members (excludes halogenated alkanes) is 1. The minimum Gasteiger partial charge on any atom is -0.336 e. The molecule has 1 rings (SSSR count). The number of hydroxylamine groups is 2. The van der Waals surface area contributed by atoms with Crippen LogP contribution in [0.1, 0.15) is 47.5 Å². The van der Waals surface area contributed by atoms with E-state index in [-0.39, 0.29) is 4.75 Å². The van der Waals surface area contributed by atoms with Gasteiger partial charge in [-0.25, -0.2) is 4.79 Å². The average Bonchev–Trinajstić information content (AvgIpc) is 2.57. The third kappa shape index (κ3) is 4.72. The second kappa shape index (κ2) is 7.65. The van der Waals surface area contributed by atoms with Crippen molar-refractivity contribution >= 4 is 34.3 Å². The maximum atomic E-state index is 12.1. The largest absolute Gasteiger partial charge is 0.343 e. The van der Waals surface area contributed by atoms with E-state index in [1.807, 2.05) is 18.7 Å². The molecular weight excluding hydrogens is 306 g/mol. The van der Waals surface area contributed by atoms with E-state index in [9.17, 15) is 10.0 Å². The van der Waals surface area contributed by atoms with Crippen LogP contribution in [0.2, 0.25) is 0 Å². The first-order valence-electron chi connectivity index (χ1n) is 7.46. The third-order valence-corrected chi connectivity index (χ3v) is 4.94. The molecule has 122 valence electrons. The second-order valence-electron chi connectivity index (χ2n) is 6.32. The summed E-state index contributed by atoms with van der Waals surface area (Å²) in [4.78, 5) is 14.1. The number of carbonyl (C=O) groups is 1. The van der Waals surface area contributed by atoms with Crippen molar-refractivity contribution in [3.63, 3.8) is 0 Å². The van der Waals surface area contributed by atoms with Crippen molar-refractivity contribution in [1.29, 1.82) is 0 Å². The number of amides is 2. The summed E-state index contributed by atoms with van der Waals surface area (Å²) in [7, 11) is 0. The summed E-state index contributed by atoms with van der Waals surface area (Å²) in [6.07, 6.45) is 1.45. The fourth-order valence-electron chi connectivity index (χ4n) is 2.37. The van der Waals surface area contributed by atoms with Crippen molar-refractivity contribution in [2.45, 2.75) is 58.4 Å². The lowest BCUT2D eigenvalue weighted by atomic mass is 10.1. The molecule has 5 nitrogen and oxygen atoms in total. The van der Waals surface area contributed by atoms with Gasteiger partial charge in [-0.15, -0.1) is 0 Å². The topological polar surface area (TPSA) is 55.8 Å². The molecule has 1 saturated heterocycles. The van der Waals surface area contributed by atoms with Crippen molar-refractivity contribution in [3.8, 4) is 0 Å². The predicted molar refractivity (Wildman–Crippen MR) is 91.5 cm³/mol. The Hall–Kier alpha value is -0.530. The molecule has 0 bridgehead atoms. The normalized spacial score (nSPS) is 21.0. The molecule has 1 heterocycles. The molecule has 0 aromatic carbocycles. The molecular formula is C14H27N3O2S2. The summed E-state index contributed by atoms with van der Waals surface area (Å²) in [5, 5.41) is 13.9. The molecule has 0 aromatic heterocycles. The monoisotopic (exact) mass is 333 g/mol. The van der Waals surface area contributed by atoms with E-state index in [0.717, 1.165) is 28.8 Å². The van der Waals surface area contributed by atoms with Gasteiger partial charge in [0.15, 0.2) is 0 Å². The van der Waals surface area contributed by atoms with Gasteiger partial charge < -0.3 is 10.2 Å². The first-order chi connectivity index (χ1) is 9.70. The van der Waals surface area contributed by atoms with E-state index in [4.69, 9.17) is 12.2 Å². The molecule has 0 saturated carbocycles. The van der Waals surface area contributed by atoms with Gasteiger partial charge in [-0.1, -0.05) is 51.2 Å². The number of hydrogen-bond donors (Lipinski definition) is 2. The van der Waals surface area contributed by atoms with Crippen molar-refractivity contribution in [2.75, 3.05) is 13.1 Å². The van der Waals surface area contributed by atoms with E-state index in [2.05, 4.69) is 26.1 Å². The van der Waals surface area contributed by atoms with E-state index in [1.165, 1.54) is 11.8 Å². The highest BCUT2D eigenvalue weighted by molar-refractivity contribution is 8.24. The summed E-state index contributed by atoms with van der Waals surface area (Å²) < 4.78 is 0.391. The van der Waals surface area contributed by atoms with Crippen LogP contribution in [0, 0.1) is 5.92 Å². The second-order valence-corrected chi connectivity index (χ2v) is 8.61. The fourth-order valence-corrected chi connectivity index (χ4v) is 4.26. The summed E-state index contributed by atoms with van der Waals surface area (Å²) in [6.45, 7) is 11.5. The summed E-state index contributed by atoms with van der Waals surface area (Å²) in [5.41, 5.74) is 0. The van der Waals surface area contributed by atoms with Crippen LogP contribution >= 0.6 is 24.0 Å². The van der Waals surface area contributed by atoms with Gasteiger partial charge in [-0.3, -0.25) is 5.21 Å². The van der Waals surface area contributed by atoms with E-state index in [0.29, 0.717) is 12.5 Å². The molecule has 0 aliphatic carbocycles. The molecule has 7 heteroatoms. The van der Waals surface area contributed by atoms with Crippen LogP contribution in [0.4, 0.5) is 4.79 Å². The van der Waals surface area contributed by atoms with Gasteiger partial charge in [-0.2, -0.15) is 5.06 Å². The maximum absolute atomic E-state index is 12.1. The molecule has 2 N–H and O–H groups in total. The van der Waals surface area contributed by atoms with Crippen LogP contribution in [-0.2, 0) is 0 Å². The highest BCUT2D eigenvalue weighted by atomic mass is 32.2. The number of nitrogens with zero attached hydrogens (tertiary/aromatic N) is 2. The Balaban J connectivity index is 2.83. The molecule has 1 aliphatic heterocycles. The van der Waals surface area contributed by atoms with Crippen LogP contribution in [0.3, 0.4) is 0 Å². The lowest BCUT2D eigenvalue weighted by Crippen LogP contribution is -2.57. The minimum absolute atomic E-state index is 0.344. The summed E-state index contributed by atoms with van der Waals surface area (Å²) >= 11 is 6.95. The first-order valence-corrected chi connectivity index (χ1v) is 8.68. The standard InChI is InChI=1S/C14H27N3O2S2/c1-6-7-8-15-12(18)17(19)11-14(4,5)21-13(20)16(11)9-10(2)3/h10-11,19H,6-9H2,1-5H3,(H,15,18)/t11-/m1/s1. The summed E-state index contributed by atoms with van der Waals surface area (Å²) in [6, 6.07) is -0.458. The van der Waals surface area contributed by atoms with Crippen molar-refractivity contribution in [2.24, 2.45) is 5.92 Å². The lowest BCUT2D eigenvalue weighted by molar-refractivity contribution is -0.119. The van der Waals surface area contributed by atoms with Crippen molar-refractivity contribution in [3.05, 3.63) is 0 Å². The molecule has 0 radical (unpaired) electrons. The number of carbonyl (C=O) groups excluding carboxylic acids is 1. The van der Waals surface area contributed by atoms with E-state index < -0.39 is 12.2 Å². The molecule has 1 atom stereocenters. The SMILES string of the molecule is CCCCNC(=O)N(O)[C@H]1N(CC(C)C)C(=S)SC1(C)C. The number of thiocarbonyl (C=S) groups is 1. The molecule has 0 aromatic rings. The van der Waals surface area contributed by atoms with E-state index in [1.54, 1.807) is 0 Å². The van der Waals surface area contributed by atoms with Gasteiger partial charge in [-0.05, 0) is 26.2 Å². The third-order valence-electron chi connectivity index (χ3n) is 3.31. The number of hydrogen-bond acceptors (Lipinski definition) is 4. The highest BCUT2D eigenvalue weighted by Gasteiger charge is 2.49. The zero-order valence-corrected chi connectivity index (χ0v) is 15.2. The molecule has 1 fully saturated rings. The molecule has 21 heavy (non-hydrogen) atoms. The molecule has 0 unspecified atom stereocenters. The Morgan fingerprint density at radius 3 is 2.71 bits per heavy atom.